The van der Waals surface area contributed by atoms with Gasteiger partial charge in [0.2, 0.25) is 0 Å². The Labute approximate surface area is 144 Å². The van der Waals surface area contributed by atoms with E-state index >= 15 is 0 Å². The highest BCUT2D eigenvalue weighted by molar-refractivity contribution is 6.30. The molecule has 6 heteroatoms. The van der Waals surface area contributed by atoms with E-state index in [0.717, 1.165) is 17.9 Å². The standard InChI is InChI=1S/C18H17ClFNO3/c19-12-1-4-14(5-2-12)24-15-7-9-21(10-8-15)18(23)16-11-13(22)3-6-17(16)20/h1-6,11,15,22H,7-10H2. The quantitative estimate of drug-likeness (QED) is 0.915. The van der Waals surface area contributed by atoms with Gasteiger partial charge in [-0.15, -0.1) is 0 Å². The number of amides is 1. The Morgan fingerprint density at radius 3 is 2.50 bits per heavy atom. The summed E-state index contributed by atoms with van der Waals surface area (Å²) in [7, 11) is 0. The molecule has 24 heavy (non-hydrogen) atoms. The van der Waals surface area contributed by atoms with Crippen LogP contribution in [0.3, 0.4) is 0 Å². The molecule has 0 radical (unpaired) electrons. The van der Waals surface area contributed by atoms with Gasteiger partial charge < -0.3 is 14.7 Å². The zero-order valence-electron chi connectivity index (χ0n) is 12.9. The van der Waals surface area contributed by atoms with E-state index < -0.39 is 11.7 Å². The second-order valence-electron chi connectivity index (χ2n) is 5.73. The third kappa shape index (κ3) is 3.79. The van der Waals surface area contributed by atoms with Crippen LogP contribution in [0.1, 0.15) is 23.2 Å². The zero-order valence-corrected chi connectivity index (χ0v) is 13.7. The van der Waals surface area contributed by atoms with E-state index in [2.05, 4.69) is 0 Å². The number of benzene rings is 2. The summed E-state index contributed by atoms with van der Waals surface area (Å²) in [4.78, 5) is 14.0. The van der Waals surface area contributed by atoms with Crippen LogP contribution in [0.15, 0.2) is 42.5 Å². The van der Waals surface area contributed by atoms with Gasteiger partial charge in [-0.2, -0.15) is 0 Å². The number of carbonyl (C=O) groups excluding carboxylic acids is 1. The number of likely N-dealkylation sites (tertiary alicyclic amines) is 1. The largest absolute Gasteiger partial charge is 0.508 e. The van der Waals surface area contributed by atoms with Crippen molar-refractivity contribution in [2.75, 3.05) is 13.1 Å². The second-order valence-corrected chi connectivity index (χ2v) is 6.16. The maximum absolute atomic E-state index is 13.8. The Morgan fingerprint density at radius 1 is 1.17 bits per heavy atom. The molecule has 1 saturated heterocycles. The Morgan fingerprint density at radius 2 is 1.83 bits per heavy atom. The molecule has 0 unspecified atom stereocenters. The molecule has 0 aliphatic carbocycles. The maximum Gasteiger partial charge on any atom is 0.256 e. The number of ether oxygens (including phenoxy) is 1. The van der Waals surface area contributed by atoms with E-state index in [0.29, 0.717) is 31.0 Å². The van der Waals surface area contributed by atoms with Crippen LogP contribution in [0.2, 0.25) is 5.02 Å². The third-order valence-electron chi connectivity index (χ3n) is 4.03. The van der Waals surface area contributed by atoms with Crippen LogP contribution in [0.4, 0.5) is 4.39 Å². The molecule has 126 valence electrons. The number of phenols is 1. The molecular weight excluding hydrogens is 333 g/mol. The van der Waals surface area contributed by atoms with Gasteiger partial charge in [0, 0.05) is 31.0 Å². The minimum absolute atomic E-state index is 0.00393. The van der Waals surface area contributed by atoms with Gasteiger partial charge in [0.25, 0.3) is 5.91 Å². The summed E-state index contributed by atoms with van der Waals surface area (Å²) < 4.78 is 19.7. The lowest BCUT2D eigenvalue weighted by molar-refractivity contribution is 0.0591. The lowest BCUT2D eigenvalue weighted by Crippen LogP contribution is -2.42. The predicted molar refractivity (Wildman–Crippen MR) is 89.1 cm³/mol. The van der Waals surface area contributed by atoms with Gasteiger partial charge in [0.05, 0.1) is 5.56 Å². The fourth-order valence-electron chi connectivity index (χ4n) is 2.73. The van der Waals surface area contributed by atoms with Gasteiger partial charge >= 0.3 is 0 Å². The summed E-state index contributed by atoms with van der Waals surface area (Å²) in [6.45, 7) is 0.957. The minimum atomic E-state index is -0.627. The van der Waals surface area contributed by atoms with Crippen LogP contribution < -0.4 is 4.74 Å². The fourth-order valence-corrected chi connectivity index (χ4v) is 2.86. The number of hydrogen-bond donors (Lipinski definition) is 1. The molecule has 0 spiro atoms. The number of hydrogen-bond acceptors (Lipinski definition) is 3. The molecule has 1 fully saturated rings. The van der Waals surface area contributed by atoms with E-state index in [1.165, 1.54) is 6.07 Å². The molecular formula is C18H17ClFNO3. The van der Waals surface area contributed by atoms with E-state index in [1.807, 2.05) is 12.1 Å². The molecule has 1 amide bonds. The Bertz CT molecular complexity index is 728. The monoisotopic (exact) mass is 349 g/mol. The van der Waals surface area contributed by atoms with Crippen molar-refractivity contribution >= 4 is 17.5 Å². The summed E-state index contributed by atoms with van der Waals surface area (Å²) in [6, 6.07) is 10.6. The second kappa shape index (κ2) is 7.09. The van der Waals surface area contributed by atoms with Crippen LogP contribution in [-0.4, -0.2) is 35.1 Å². The van der Waals surface area contributed by atoms with Crippen LogP contribution in [0, 0.1) is 5.82 Å². The first-order chi connectivity index (χ1) is 11.5. The summed E-state index contributed by atoms with van der Waals surface area (Å²) >= 11 is 5.84. The molecule has 1 aliphatic heterocycles. The number of piperidine rings is 1. The molecule has 4 nitrogen and oxygen atoms in total. The molecule has 2 aromatic rings. The molecule has 0 aromatic heterocycles. The molecule has 1 aliphatic rings. The number of halogens is 2. The van der Waals surface area contributed by atoms with Crippen molar-refractivity contribution < 1.29 is 19.0 Å². The average Bonchev–Trinajstić information content (AvgIpc) is 2.59. The zero-order chi connectivity index (χ0) is 17.1. The molecule has 3 rings (SSSR count). The average molecular weight is 350 g/mol. The van der Waals surface area contributed by atoms with Gasteiger partial charge in [-0.05, 0) is 42.5 Å². The number of aromatic hydroxyl groups is 1. The van der Waals surface area contributed by atoms with Crippen molar-refractivity contribution in [1.29, 1.82) is 0 Å². The van der Waals surface area contributed by atoms with Crippen molar-refractivity contribution in [1.82, 2.24) is 4.90 Å². The highest BCUT2D eigenvalue weighted by Gasteiger charge is 2.26. The van der Waals surface area contributed by atoms with E-state index in [1.54, 1.807) is 17.0 Å². The summed E-state index contributed by atoms with van der Waals surface area (Å²) in [5, 5.41) is 10.1. The summed E-state index contributed by atoms with van der Waals surface area (Å²) in [5.41, 5.74) is -0.105. The van der Waals surface area contributed by atoms with Crippen LogP contribution in [-0.2, 0) is 0 Å². The van der Waals surface area contributed by atoms with E-state index in [9.17, 15) is 14.3 Å². The fraction of sp³-hybridized carbons (Fsp3) is 0.278. The number of nitrogens with zero attached hydrogens (tertiary/aromatic N) is 1. The van der Waals surface area contributed by atoms with Crippen molar-refractivity contribution in [3.63, 3.8) is 0 Å². The van der Waals surface area contributed by atoms with Gasteiger partial charge in [0.15, 0.2) is 0 Å². The van der Waals surface area contributed by atoms with Crippen LogP contribution in [0.25, 0.3) is 0 Å². The van der Waals surface area contributed by atoms with Crippen molar-refractivity contribution in [2.45, 2.75) is 18.9 Å². The number of rotatable bonds is 3. The van der Waals surface area contributed by atoms with Gasteiger partial charge in [-0.25, -0.2) is 4.39 Å². The first-order valence-electron chi connectivity index (χ1n) is 7.73. The topological polar surface area (TPSA) is 49.8 Å². The Balaban J connectivity index is 1.59. The van der Waals surface area contributed by atoms with Gasteiger partial charge in [0.1, 0.15) is 23.4 Å². The van der Waals surface area contributed by atoms with Gasteiger partial charge in [-0.3, -0.25) is 4.79 Å². The molecule has 0 atom stereocenters. The lowest BCUT2D eigenvalue weighted by Gasteiger charge is -2.32. The highest BCUT2D eigenvalue weighted by atomic mass is 35.5. The van der Waals surface area contributed by atoms with Crippen LogP contribution >= 0.6 is 11.6 Å². The first kappa shape index (κ1) is 16.6. The van der Waals surface area contributed by atoms with Crippen molar-refractivity contribution in [2.24, 2.45) is 0 Å². The minimum Gasteiger partial charge on any atom is -0.508 e. The smallest absolute Gasteiger partial charge is 0.256 e. The normalized spacial score (nSPS) is 15.3. The lowest BCUT2D eigenvalue weighted by atomic mass is 10.1. The van der Waals surface area contributed by atoms with E-state index in [4.69, 9.17) is 16.3 Å². The predicted octanol–water partition coefficient (Wildman–Crippen LogP) is 3.87. The molecule has 0 bridgehead atoms. The Hall–Kier alpha value is -2.27. The molecule has 1 heterocycles. The van der Waals surface area contributed by atoms with Crippen molar-refractivity contribution in [3.05, 3.63) is 58.9 Å². The molecule has 2 aromatic carbocycles. The summed E-state index contributed by atoms with van der Waals surface area (Å²) in [6.07, 6.45) is 1.33. The SMILES string of the molecule is O=C(c1cc(O)ccc1F)N1CCC(Oc2ccc(Cl)cc2)CC1. The van der Waals surface area contributed by atoms with E-state index in [-0.39, 0.29) is 17.4 Å². The van der Waals surface area contributed by atoms with Crippen molar-refractivity contribution in [3.8, 4) is 11.5 Å². The first-order valence-corrected chi connectivity index (χ1v) is 8.11. The number of carbonyl (C=O) groups is 1. The highest BCUT2D eigenvalue weighted by Crippen LogP contribution is 2.23. The van der Waals surface area contributed by atoms with Crippen LogP contribution in [0.5, 0.6) is 11.5 Å². The van der Waals surface area contributed by atoms with Gasteiger partial charge in [-0.1, -0.05) is 11.6 Å². The summed E-state index contributed by atoms with van der Waals surface area (Å²) in [5.74, 6) is -0.422. The number of phenolic OH excluding ortho intramolecular Hbond substituents is 1. The third-order valence-corrected chi connectivity index (χ3v) is 4.28. The molecule has 1 N–H and O–H groups in total. The molecule has 0 saturated carbocycles. The Kier molecular flexibility index (Phi) is 4.90. The maximum atomic E-state index is 13.8.